The third kappa shape index (κ3) is 2.97. The van der Waals surface area contributed by atoms with Gasteiger partial charge in [-0.3, -0.25) is 19.4 Å². The van der Waals surface area contributed by atoms with Gasteiger partial charge < -0.3 is 19.8 Å². The van der Waals surface area contributed by atoms with E-state index in [-0.39, 0.29) is 5.69 Å². The van der Waals surface area contributed by atoms with Gasteiger partial charge in [0.2, 0.25) is 0 Å². The SMILES string of the molecule is COc1ccc(-n2c3c(c(=O)[nH]c2=O)C(NC(=O)c2ccco2)(C(F)(F)F)C(=O)N3)cc1. The lowest BCUT2D eigenvalue weighted by Gasteiger charge is -2.29. The summed E-state index contributed by atoms with van der Waals surface area (Å²) >= 11 is 0. The second-order valence-corrected chi connectivity index (χ2v) is 6.65. The quantitative estimate of drug-likeness (QED) is 0.548. The number of amides is 2. The van der Waals surface area contributed by atoms with Gasteiger partial charge in [0, 0.05) is 0 Å². The van der Waals surface area contributed by atoms with Gasteiger partial charge in [-0.1, -0.05) is 0 Å². The number of hydrogen-bond acceptors (Lipinski definition) is 6. The number of methoxy groups -OCH3 is 1. The van der Waals surface area contributed by atoms with Crippen LogP contribution in [0.1, 0.15) is 16.1 Å². The smallest absolute Gasteiger partial charge is 0.425 e. The van der Waals surface area contributed by atoms with Gasteiger partial charge in [-0.05, 0) is 36.4 Å². The number of halogens is 3. The van der Waals surface area contributed by atoms with Gasteiger partial charge in [0.05, 0.1) is 19.1 Å². The van der Waals surface area contributed by atoms with Crippen LogP contribution in [0.15, 0.2) is 56.7 Å². The van der Waals surface area contributed by atoms with E-state index >= 15 is 0 Å². The molecule has 3 aromatic rings. The largest absolute Gasteiger partial charge is 0.497 e. The van der Waals surface area contributed by atoms with Crippen molar-refractivity contribution in [3.05, 3.63) is 74.8 Å². The first-order valence-corrected chi connectivity index (χ1v) is 8.88. The van der Waals surface area contributed by atoms with Crippen LogP contribution in [-0.2, 0) is 10.3 Å². The minimum atomic E-state index is -5.46. The van der Waals surface area contributed by atoms with Crippen LogP contribution >= 0.6 is 0 Å². The van der Waals surface area contributed by atoms with Crippen LogP contribution in [0, 0.1) is 0 Å². The van der Waals surface area contributed by atoms with E-state index in [1.54, 1.807) is 10.3 Å². The Kier molecular flexibility index (Phi) is 4.68. The van der Waals surface area contributed by atoms with Crippen LogP contribution in [0.2, 0.25) is 0 Å². The summed E-state index contributed by atoms with van der Waals surface area (Å²) in [6.45, 7) is 0. The number of nitrogens with zero attached hydrogens (tertiary/aromatic N) is 1. The van der Waals surface area contributed by atoms with Gasteiger partial charge in [-0.25, -0.2) is 9.36 Å². The van der Waals surface area contributed by atoms with Crippen molar-refractivity contribution in [3.63, 3.8) is 0 Å². The average Bonchev–Trinajstić information content (AvgIpc) is 3.36. The Morgan fingerprint density at radius 1 is 1.16 bits per heavy atom. The summed E-state index contributed by atoms with van der Waals surface area (Å²) < 4.78 is 53.4. The highest BCUT2D eigenvalue weighted by Gasteiger charge is 2.68. The predicted octanol–water partition coefficient (Wildman–Crippen LogP) is 1.27. The summed E-state index contributed by atoms with van der Waals surface area (Å²) in [5.74, 6) is -4.02. The zero-order chi connectivity index (χ0) is 23.3. The van der Waals surface area contributed by atoms with E-state index in [9.17, 15) is 32.3 Å². The number of nitrogens with one attached hydrogen (secondary N) is 3. The molecule has 1 atom stereocenters. The van der Waals surface area contributed by atoms with Crippen molar-refractivity contribution in [3.8, 4) is 11.4 Å². The molecule has 1 unspecified atom stereocenters. The highest BCUT2D eigenvalue weighted by molar-refractivity contribution is 6.09. The number of furan rings is 1. The van der Waals surface area contributed by atoms with Crippen molar-refractivity contribution in [1.29, 1.82) is 0 Å². The highest BCUT2D eigenvalue weighted by Crippen LogP contribution is 2.45. The summed E-state index contributed by atoms with van der Waals surface area (Å²) in [4.78, 5) is 51.9. The summed E-state index contributed by atoms with van der Waals surface area (Å²) in [7, 11) is 1.39. The number of H-pyrrole nitrogens is 1. The van der Waals surface area contributed by atoms with E-state index in [0.29, 0.717) is 10.3 Å². The Labute approximate surface area is 175 Å². The predicted molar refractivity (Wildman–Crippen MR) is 102 cm³/mol. The zero-order valence-electron chi connectivity index (χ0n) is 16.1. The lowest BCUT2D eigenvalue weighted by molar-refractivity contribution is -0.196. The monoisotopic (exact) mass is 450 g/mol. The fourth-order valence-electron chi connectivity index (χ4n) is 3.40. The molecule has 2 aromatic heterocycles. The minimum Gasteiger partial charge on any atom is -0.497 e. The van der Waals surface area contributed by atoms with Crippen LogP contribution in [-0.4, -0.2) is 34.7 Å². The van der Waals surface area contributed by atoms with E-state index < -0.39 is 51.9 Å². The molecule has 0 bridgehead atoms. The number of rotatable bonds is 4. The lowest BCUT2D eigenvalue weighted by Crippen LogP contribution is -2.62. The van der Waals surface area contributed by atoms with Crippen LogP contribution in [0.3, 0.4) is 0 Å². The molecule has 1 aromatic carbocycles. The van der Waals surface area contributed by atoms with Crippen LogP contribution in [0.25, 0.3) is 5.69 Å². The number of hydrogen-bond donors (Lipinski definition) is 3. The van der Waals surface area contributed by atoms with Crippen molar-refractivity contribution < 1.29 is 31.9 Å². The number of alkyl halides is 3. The first-order chi connectivity index (χ1) is 15.1. The molecule has 0 spiro atoms. The molecule has 4 rings (SSSR count). The Hall–Kier alpha value is -4.29. The number of aromatic nitrogens is 2. The molecular weight excluding hydrogens is 437 g/mol. The van der Waals surface area contributed by atoms with E-state index in [1.807, 2.05) is 5.32 Å². The second-order valence-electron chi connectivity index (χ2n) is 6.65. The van der Waals surface area contributed by atoms with E-state index in [2.05, 4.69) is 0 Å². The molecule has 3 N–H and O–H groups in total. The molecule has 0 saturated carbocycles. The number of fused-ring (bicyclic) bond motifs is 1. The van der Waals surface area contributed by atoms with Gasteiger partial charge in [-0.2, -0.15) is 13.2 Å². The van der Waals surface area contributed by atoms with Crippen molar-refractivity contribution in [1.82, 2.24) is 14.9 Å². The Morgan fingerprint density at radius 3 is 2.41 bits per heavy atom. The van der Waals surface area contributed by atoms with Gasteiger partial charge in [0.1, 0.15) is 17.1 Å². The van der Waals surface area contributed by atoms with Crippen LogP contribution in [0.5, 0.6) is 5.75 Å². The normalized spacial score (nSPS) is 17.6. The van der Waals surface area contributed by atoms with Gasteiger partial charge >= 0.3 is 11.9 Å². The highest BCUT2D eigenvalue weighted by atomic mass is 19.4. The van der Waals surface area contributed by atoms with Crippen molar-refractivity contribution in [2.45, 2.75) is 11.7 Å². The maximum Gasteiger partial charge on any atom is 0.425 e. The molecule has 10 nitrogen and oxygen atoms in total. The summed E-state index contributed by atoms with van der Waals surface area (Å²) in [6, 6.07) is 7.85. The molecule has 32 heavy (non-hydrogen) atoms. The van der Waals surface area contributed by atoms with Crippen molar-refractivity contribution in [2.75, 3.05) is 12.4 Å². The second kappa shape index (κ2) is 7.14. The lowest BCUT2D eigenvalue weighted by atomic mass is 9.91. The fraction of sp³-hybridized carbons (Fsp3) is 0.158. The number of ether oxygens (including phenoxy) is 1. The van der Waals surface area contributed by atoms with Gasteiger partial charge in [0.25, 0.3) is 22.9 Å². The third-order valence-electron chi connectivity index (χ3n) is 4.86. The van der Waals surface area contributed by atoms with Crippen molar-refractivity contribution in [2.24, 2.45) is 0 Å². The molecular formula is C19H13F3N4O6. The zero-order valence-corrected chi connectivity index (χ0v) is 16.1. The molecule has 1 aliphatic rings. The molecule has 0 aliphatic carbocycles. The first-order valence-electron chi connectivity index (χ1n) is 8.88. The summed E-state index contributed by atoms with van der Waals surface area (Å²) in [5, 5.41) is 3.50. The Bertz CT molecular complexity index is 1330. The molecule has 0 radical (unpaired) electrons. The summed E-state index contributed by atoms with van der Waals surface area (Å²) in [5.41, 5.74) is -7.54. The van der Waals surface area contributed by atoms with E-state index in [4.69, 9.17) is 9.15 Å². The van der Waals surface area contributed by atoms with E-state index in [1.165, 1.54) is 37.4 Å². The summed E-state index contributed by atoms with van der Waals surface area (Å²) in [6.07, 6.45) is -4.41. The Morgan fingerprint density at radius 2 is 1.84 bits per heavy atom. The van der Waals surface area contributed by atoms with Crippen LogP contribution in [0.4, 0.5) is 19.0 Å². The number of benzene rings is 1. The number of aromatic amines is 1. The first kappa shape index (κ1) is 21.0. The molecule has 13 heteroatoms. The number of carbonyl (C=O) groups excluding carboxylic acids is 2. The van der Waals surface area contributed by atoms with Gasteiger partial charge in [0.15, 0.2) is 5.76 Å². The van der Waals surface area contributed by atoms with E-state index in [0.717, 1.165) is 12.3 Å². The average molecular weight is 450 g/mol. The number of carbonyl (C=O) groups is 2. The molecule has 0 fully saturated rings. The maximum absolute atomic E-state index is 14.3. The Balaban J connectivity index is 1.97. The standard InChI is InChI=1S/C19H13F3N4O6/c1-31-10-6-4-9(5-7-10)26-13-12(15(28)24-17(26)30)18(16(29)23-13,19(20,21)22)25-14(27)11-3-2-8-32-11/h2-8H,1H3,(H,23,29)(H,25,27)(H,24,28,30). The topological polar surface area (TPSA) is 135 Å². The van der Waals surface area contributed by atoms with Crippen molar-refractivity contribution >= 4 is 17.6 Å². The molecule has 2 amide bonds. The molecule has 166 valence electrons. The molecule has 1 aliphatic heterocycles. The molecule has 0 saturated heterocycles. The minimum absolute atomic E-state index is 0.0268. The number of anilines is 1. The maximum atomic E-state index is 14.3. The third-order valence-corrected chi connectivity index (χ3v) is 4.86. The fourth-order valence-corrected chi connectivity index (χ4v) is 3.40. The van der Waals surface area contributed by atoms with Gasteiger partial charge in [-0.15, -0.1) is 0 Å². The van der Waals surface area contributed by atoms with Crippen LogP contribution < -0.4 is 26.6 Å². The molecule has 3 heterocycles.